The van der Waals surface area contributed by atoms with Gasteiger partial charge in [-0.2, -0.15) is 4.31 Å². The number of fused-ring (bicyclic) bond motifs is 1. The zero-order valence-corrected chi connectivity index (χ0v) is 24.4. The molecule has 0 radical (unpaired) electrons. The van der Waals surface area contributed by atoms with Crippen molar-refractivity contribution in [1.29, 1.82) is 0 Å². The van der Waals surface area contributed by atoms with E-state index in [2.05, 4.69) is 0 Å². The molecule has 1 aromatic heterocycles. The molecule has 0 saturated heterocycles. The molecule has 9 heteroatoms. The van der Waals surface area contributed by atoms with E-state index in [1.54, 1.807) is 76.5 Å². The zero-order valence-electron chi connectivity index (χ0n) is 23.6. The molecule has 8 nitrogen and oxygen atoms in total. The van der Waals surface area contributed by atoms with Gasteiger partial charge in [0.05, 0.1) is 38.5 Å². The standard InChI is InChI=1S/C31H36N2O6S/c1-31(2,3)33(40(35,36)29-14-8-11-24-10-6-7-13-26(24)29)22-30(34)32(21-25-12-9-19-39-25)18-17-23-15-16-27(37-4)28(20-23)38-5/h6-16,19-20H,17-18,21-22H2,1-5H3. The number of carbonyl (C=O) groups is 1. The predicted molar refractivity (Wildman–Crippen MR) is 155 cm³/mol. The third kappa shape index (κ3) is 6.48. The second kappa shape index (κ2) is 12.1. The van der Waals surface area contributed by atoms with Gasteiger partial charge in [-0.25, -0.2) is 8.42 Å². The Bertz CT molecular complexity index is 1550. The molecule has 0 aliphatic carbocycles. The van der Waals surface area contributed by atoms with Crippen LogP contribution in [0, 0.1) is 0 Å². The lowest BCUT2D eigenvalue weighted by molar-refractivity contribution is -0.133. The summed E-state index contributed by atoms with van der Waals surface area (Å²) in [6.07, 6.45) is 2.08. The molecule has 0 aliphatic rings. The molecule has 212 valence electrons. The van der Waals surface area contributed by atoms with Crippen LogP contribution < -0.4 is 9.47 Å². The Morgan fingerprint density at radius 3 is 2.30 bits per heavy atom. The van der Waals surface area contributed by atoms with Gasteiger partial charge in [0.25, 0.3) is 0 Å². The number of carbonyl (C=O) groups excluding carboxylic acids is 1. The highest BCUT2D eigenvalue weighted by molar-refractivity contribution is 7.89. The molecule has 3 aromatic carbocycles. The van der Waals surface area contributed by atoms with E-state index >= 15 is 0 Å². The number of sulfonamides is 1. The van der Waals surface area contributed by atoms with Crippen LogP contribution >= 0.6 is 0 Å². The summed E-state index contributed by atoms with van der Waals surface area (Å²) in [7, 11) is -0.875. The molecule has 0 saturated carbocycles. The van der Waals surface area contributed by atoms with Gasteiger partial charge in [-0.15, -0.1) is 0 Å². The van der Waals surface area contributed by atoms with Gasteiger partial charge in [-0.3, -0.25) is 4.79 Å². The Hall–Kier alpha value is -3.82. The maximum absolute atomic E-state index is 14.1. The fourth-order valence-electron chi connectivity index (χ4n) is 4.63. The highest BCUT2D eigenvalue weighted by Gasteiger charge is 2.37. The number of amides is 1. The second-order valence-electron chi connectivity index (χ2n) is 10.5. The van der Waals surface area contributed by atoms with Crippen molar-refractivity contribution in [3.8, 4) is 11.5 Å². The Labute approximate surface area is 236 Å². The van der Waals surface area contributed by atoms with Crippen molar-refractivity contribution in [3.05, 3.63) is 90.4 Å². The molecule has 0 N–H and O–H groups in total. The third-order valence-corrected chi connectivity index (χ3v) is 8.91. The largest absolute Gasteiger partial charge is 0.493 e. The molecule has 0 bridgehead atoms. The number of nitrogens with zero attached hydrogens (tertiary/aromatic N) is 2. The molecule has 0 spiro atoms. The maximum atomic E-state index is 14.1. The monoisotopic (exact) mass is 564 g/mol. The van der Waals surface area contributed by atoms with Crippen LogP contribution in [-0.2, 0) is 27.8 Å². The second-order valence-corrected chi connectivity index (χ2v) is 12.3. The smallest absolute Gasteiger partial charge is 0.244 e. The molecule has 0 atom stereocenters. The summed E-state index contributed by atoms with van der Waals surface area (Å²) in [5.41, 5.74) is 0.0939. The minimum Gasteiger partial charge on any atom is -0.493 e. The maximum Gasteiger partial charge on any atom is 0.244 e. The quantitative estimate of drug-likeness (QED) is 0.239. The van der Waals surface area contributed by atoms with E-state index in [-0.39, 0.29) is 23.9 Å². The summed E-state index contributed by atoms with van der Waals surface area (Å²) in [4.78, 5) is 15.7. The van der Waals surface area contributed by atoms with E-state index in [0.717, 1.165) is 10.9 Å². The Morgan fingerprint density at radius 2 is 1.62 bits per heavy atom. The lowest BCUT2D eigenvalue weighted by atomic mass is 10.1. The zero-order chi connectivity index (χ0) is 28.9. The van der Waals surface area contributed by atoms with Crippen molar-refractivity contribution in [2.45, 2.75) is 44.2 Å². The van der Waals surface area contributed by atoms with Crippen molar-refractivity contribution in [1.82, 2.24) is 9.21 Å². The van der Waals surface area contributed by atoms with Gasteiger partial charge in [0.1, 0.15) is 5.76 Å². The lowest BCUT2D eigenvalue weighted by Gasteiger charge is -2.35. The van der Waals surface area contributed by atoms with Gasteiger partial charge < -0.3 is 18.8 Å². The minimum absolute atomic E-state index is 0.177. The van der Waals surface area contributed by atoms with Crippen LogP contribution in [0.25, 0.3) is 10.8 Å². The number of methoxy groups -OCH3 is 2. The molecule has 0 unspecified atom stereocenters. The van der Waals surface area contributed by atoms with Crippen molar-refractivity contribution >= 4 is 26.7 Å². The number of hydrogen-bond donors (Lipinski definition) is 0. The SMILES string of the molecule is COc1ccc(CCN(Cc2ccco2)C(=O)CN(C(C)(C)C)S(=O)(=O)c2cccc3ccccc23)cc1OC. The topological polar surface area (TPSA) is 89.3 Å². The van der Waals surface area contributed by atoms with E-state index in [1.807, 2.05) is 42.5 Å². The summed E-state index contributed by atoms with van der Waals surface area (Å²) in [6.45, 7) is 5.63. The van der Waals surface area contributed by atoms with Crippen LogP contribution in [-0.4, -0.2) is 56.4 Å². The summed E-state index contributed by atoms with van der Waals surface area (Å²) in [6, 6.07) is 21.7. The number of ether oxygens (including phenoxy) is 2. The van der Waals surface area contributed by atoms with Gasteiger partial charge in [-0.05, 0) is 68.5 Å². The number of benzene rings is 3. The Morgan fingerprint density at radius 1 is 0.900 bits per heavy atom. The third-order valence-electron chi connectivity index (χ3n) is 6.74. The summed E-state index contributed by atoms with van der Waals surface area (Å²) >= 11 is 0. The van der Waals surface area contributed by atoms with E-state index in [1.165, 1.54) is 4.31 Å². The van der Waals surface area contributed by atoms with Crippen molar-refractivity contribution in [2.75, 3.05) is 27.3 Å². The number of furan rings is 1. The minimum atomic E-state index is -4.03. The molecule has 0 fully saturated rings. The van der Waals surface area contributed by atoms with E-state index in [0.29, 0.717) is 35.6 Å². The van der Waals surface area contributed by atoms with Crippen molar-refractivity contribution in [2.24, 2.45) is 0 Å². The van der Waals surface area contributed by atoms with Crippen LogP contribution in [0.3, 0.4) is 0 Å². The molecule has 1 heterocycles. The summed E-state index contributed by atoms with van der Waals surface area (Å²) in [5, 5.41) is 1.44. The fourth-order valence-corrected chi connectivity index (χ4v) is 6.58. The predicted octanol–water partition coefficient (Wildman–Crippen LogP) is 5.51. The van der Waals surface area contributed by atoms with Crippen LogP contribution in [0.5, 0.6) is 11.5 Å². The molecule has 1 amide bonds. The van der Waals surface area contributed by atoms with Crippen LogP contribution in [0.15, 0.2) is 88.4 Å². The van der Waals surface area contributed by atoms with Gasteiger partial charge >= 0.3 is 0 Å². The first kappa shape index (κ1) is 29.2. The van der Waals surface area contributed by atoms with E-state index < -0.39 is 15.6 Å². The van der Waals surface area contributed by atoms with Crippen molar-refractivity contribution < 1.29 is 27.1 Å². The van der Waals surface area contributed by atoms with Crippen LogP contribution in [0.4, 0.5) is 0 Å². The normalized spacial score (nSPS) is 12.1. The summed E-state index contributed by atoms with van der Waals surface area (Å²) in [5.74, 6) is 1.51. The van der Waals surface area contributed by atoms with E-state index in [4.69, 9.17) is 13.9 Å². The first-order valence-corrected chi connectivity index (χ1v) is 14.5. The average molecular weight is 565 g/mol. The van der Waals surface area contributed by atoms with Gasteiger partial charge in [0.2, 0.25) is 15.9 Å². The van der Waals surface area contributed by atoms with Crippen LogP contribution in [0.2, 0.25) is 0 Å². The lowest BCUT2D eigenvalue weighted by Crippen LogP contribution is -2.51. The Balaban J connectivity index is 1.63. The number of hydrogen-bond acceptors (Lipinski definition) is 6. The van der Waals surface area contributed by atoms with Crippen LogP contribution in [0.1, 0.15) is 32.1 Å². The molecule has 4 aromatic rings. The molecule has 0 aliphatic heterocycles. The Kier molecular flexibility index (Phi) is 8.85. The van der Waals surface area contributed by atoms with Crippen molar-refractivity contribution in [3.63, 3.8) is 0 Å². The highest BCUT2D eigenvalue weighted by atomic mass is 32.2. The number of rotatable bonds is 11. The first-order valence-electron chi connectivity index (χ1n) is 13.1. The van der Waals surface area contributed by atoms with Gasteiger partial charge in [0, 0.05) is 17.5 Å². The fraction of sp³-hybridized carbons (Fsp3) is 0.323. The van der Waals surface area contributed by atoms with Gasteiger partial charge in [-0.1, -0.05) is 42.5 Å². The molecule has 40 heavy (non-hydrogen) atoms. The highest BCUT2D eigenvalue weighted by Crippen LogP contribution is 2.31. The van der Waals surface area contributed by atoms with Gasteiger partial charge in [0.15, 0.2) is 11.5 Å². The molecular formula is C31H36N2O6S. The first-order chi connectivity index (χ1) is 19.0. The average Bonchev–Trinajstić information content (AvgIpc) is 3.45. The van der Waals surface area contributed by atoms with E-state index in [9.17, 15) is 13.2 Å². The summed E-state index contributed by atoms with van der Waals surface area (Å²) < 4.78 is 45.7. The molecule has 4 rings (SSSR count). The molecular weight excluding hydrogens is 528 g/mol.